The Morgan fingerprint density at radius 3 is 2.85 bits per heavy atom. The summed E-state index contributed by atoms with van der Waals surface area (Å²) in [6, 6.07) is 13.3. The van der Waals surface area contributed by atoms with Crippen LogP contribution in [0.1, 0.15) is 30.7 Å². The minimum Gasteiger partial charge on any atom is -0.326 e. The Labute approximate surface area is 120 Å². The van der Waals surface area contributed by atoms with E-state index in [9.17, 15) is 0 Å². The van der Waals surface area contributed by atoms with Crippen LogP contribution in [0.3, 0.4) is 0 Å². The lowest BCUT2D eigenvalue weighted by Crippen LogP contribution is -2.25. The van der Waals surface area contributed by atoms with Crippen molar-refractivity contribution in [1.29, 1.82) is 0 Å². The lowest BCUT2D eigenvalue weighted by Gasteiger charge is -2.25. The summed E-state index contributed by atoms with van der Waals surface area (Å²) in [4.78, 5) is 7.14. The molecule has 0 aliphatic carbocycles. The maximum Gasteiger partial charge on any atom is 0.133 e. The van der Waals surface area contributed by atoms with Crippen molar-refractivity contribution in [1.82, 2.24) is 4.98 Å². The highest BCUT2D eigenvalue weighted by atomic mass is 15.2. The Balaban J connectivity index is 2.08. The molecule has 3 heteroatoms. The van der Waals surface area contributed by atoms with Crippen molar-refractivity contribution in [3.8, 4) is 0 Å². The highest BCUT2D eigenvalue weighted by molar-refractivity contribution is 5.69. The molecule has 20 heavy (non-hydrogen) atoms. The number of aryl methyl sites for hydroxylation is 1. The molecule has 104 valence electrons. The Morgan fingerprint density at radius 2 is 2.10 bits per heavy atom. The molecule has 0 amide bonds. The largest absolute Gasteiger partial charge is 0.326 e. The Morgan fingerprint density at radius 1 is 1.30 bits per heavy atom. The molecule has 1 aromatic heterocycles. The van der Waals surface area contributed by atoms with Crippen LogP contribution in [0.25, 0.3) is 0 Å². The lowest BCUT2D eigenvalue weighted by atomic mass is 10.1. The molecule has 1 aliphatic heterocycles. The first-order valence-corrected chi connectivity index (χ1v) is 7.30. The topological polar surface area (TPSA) is 42.1 Å². The molecular weight excluding hydrogens is 246 g/mol. The minimum atomic E-state index is 0.442. The second kappa shape index (κ2) is 5.25. The number of aromatic nitrogens is 1. The predicted octanol–water partition coefficient (Wildman–Crippen LogP) is 3.19. The van der Waals surface area contributed by atoms with E-state index in [0.29, 0.717) is 12.6 Å². The van der Waals surface area contributed by atoms with E-state index in [-0.39, 0.29) is 0 Å². The standard InChI is InChI=1S/C17H21N3/c1-3-15-9-13(11-18)10-17(19-15)20-12(2)8-14-6-4-5-7-16(14)20/h4-7,9-10,12H,3,8,11,18H2,1-2H3. The lowest BCUT2D eigenvalue weighted by molar-refractivity contribution is 0.747. The van der Waals surface area contributed by atoms with Gasteiger partial charge in [-0.1, -0.05) is 25.1 Å². The molecule has 0 bridgehead atoms. The zero-order valence-electron chi connectivity index (χ0n) is 12.1. The molecule has 0 saturated heterocycles. The van der Waals surface area contributed by atoms with Crippen LogP contribution in [0.15, 0.2) is 36.4 Å². The molecular formula is C17H21N3. The fourth-order valence-electron chi connectivity index (χ4n) is 2.97. The summed E-state index contributed by atoms with van der Waals surface area (Å²) in [7, 11) is 0. The van der Waals surface area contributed by atoms with Gasteiger partial charge in [-0.05, 0) is 49.1 Å². The van der Waals surface area contributed by atoms with Crippen molar-refractivity contribution >= 4 is 11.5 Å². The molecule has 2 aromatic rings. The number of nitrogens with two attached hydrogens (primary N) is 1. The van der Waals surface area contributed by atoms with Crippen molar-refractivity contribution in [2.24, 2.45) is 5.73 Å². The van der Waals surface area contributed by atoms with Gasteiger partial charge in [0, 0.05) is 24.0 Å². The molecule has 1 unspecified atom stereocenters. The molecule has 0 saturated carbocycles. The molecule has 2 heterocycles. The first-order valence-electron chi connectivity index (χ1n) is 7.30. The van der Waals surface area contributed by atoms with Gasteiger partial charge in [0.1, 0.15) is 5.82 Å². The van der Waals surface area contributed by atoms with Crippen molar-refractivity contribution in [3.05, 3.63) is 53.2 Å². The van der Waals surface area contributed by atoms with Gasteiger partial charge in [0.05, 0.1) is 0 Å². The van der Waals surface area contributed by atoms with Crippen LogP contribution in [0.4, 0.5) is 11.5 Å². The van der Waals surface area contributed by atoms with Crippen molar-refractivity contribution < 1.29 is 0 Å². The zero-order valence-corrected chi connectivity index (χ0v) is 12.1. The van der Waals surface area contributed by atoms with Gasteiger partial charge in [0.25, 0.3) is 0 Å². The van der Waals surface area contributed by atoms with E-state index in [0.717, 1.165) is 29.9 Å². The van der Waals surface area contributed by atoms with E-state index in [1.807, 2.05) is 0 Å². The summed E-state index contributed by atoms with van der Waals surface area (Å²) >= 11 is 0. The SMILES string of the molecule is CCc1cc(CN)cc(N2c3ccccc3CC2C)n1. The number of pyridine rings is 1. The van der Waals surface area contributed by atoms with Gasteiger partial charge in [-0.3, -0.25) is 0 Å². The molecule has 0 spiro atoms. The zero-order chi connectivity index (χ0) is 14.1. The van der Waals surface area contributed by atoms with Crippen molar-refractivity contribution in [3.63, 3.8) is 0 Å². The van der Waals surface area contributed by atoms with Crippen molar-refractivity contribution in [2.75, 3.05) is 4.90 Å². The molecule has 0 radical (unpaired) electrons. The Kier molecular flexibility index (Phi) is 3.45. The fourth-order valence-corrected chi connectivity index (χ4v) is 2.97. The van der Waals surface area contributed by atoms with Gasteiger partial charge in [0.15, 0.2) is 0 Å². The quantitative estimate of drug-likeness (QED) is 0.928. The van der Waals surface area contributed by atoms with Crippen LogP contribution < -0.4 is 10.6 Å². The number of anilines is 2. The molecule has 3 rings (SSSR count). The molecule has 3 nitrogen and oxygen atoms in total. The third-order valence-electron chi connectivity index (χ3n) is 3.98. The molecule has 1 aromatic carbocycles. The number of benzene rings is 1. The van der Waals surface area contributed by atoms with Gasteiger partial charge < -0.3 is 10.6 Å². The maximum atomic E-state index is 5.82. The monoisotopic (exact) mass is 267 g/mol. The van der Waals surface area contributed by atoms with Crippen LogP contribution in [0.5, 0.6) is 0 Å². The predicted molar refractivity (Wildman–Crippen MR) is 83.3 cm³/mol. The number of fused-ring (bicyclic) bond motifs is 1. The minimum absolute atomic E-state index is 0.442. The van der Waals surface area contributed by atoms with Crippen LogP contribution in [-0.4, -0.2) is 11.0 Å². The molecule has 1 aliphatic rings. The maximum absolute atomic E-state index is 5.82. The summed E-state index contributed by atoms with van der Waals surface area (Å²) in [5.74, 6) is 1.03. The summed E-state index contributed by atoms with van der Waals surface area (Å²) in [5.41, 5.74) is 10.8. The van der Waals surface area contributed by atoms with E-state index in [1.165, 1.54) is 11.3 Å². The number of hydrogen-bond acceptors (Lipinski definition) is 3. The highest BCUT2D eigenvalue weighted by Crippen LogP contribution is 2.37. The highest BCUT2D eigenvalue weighted by Gasteiger charge is 2.27. The van der Waals surface area contributed by atoms with Gasteiger partial charge in [0.2, 0.25) is 0 Å². The average Bonchev–Trinajstić information content (AvgIpc) is 2.82. The third-order valence-corrected chi connectivity index (χ3v) is 3.98. The number of para-hydroxylation sites is 1. The summed E-state index contributed by atoms with van der Waals surface area (Å²) in [6.07, 6.45) is 2.01. The van der Waals surface area contributed by atoms with E-state index in [4.69, 9.17) is 10.7 Å². The van der Waals surface area contributed by atoms with Crippen LogP contribution >= 0.6 is 0 Å². The normalized spacial score (nSPS) is 17.4. The summed E-state index contributed by atoms with van der Waals surface area (Å²) in [5, 5.41) is 0. The smallest absolute Gasteiger partial charge is 0.133 e. The van der Waals surface area contributed by atoms with E-state index in [2.05, 4.69) is 55.1 Å². The van der Waals surface area contributed by atoms with E-state index >= 15 is 0 Å². The number of hydrogen-bond donors (Lipinski definition) is 1. The Hall–Kier alpha value is -1.87. The average molecular weight is 267 g/mol. The third kappa shape index (κ3) is 2.18. The first-order chi connectivity index (χ1) is 9.72. The number of rotatable bonds is 3. The van der Waals surface area contributed by atoms with Crippen LogP contribution in [0, 0.1) is 0 Å². The van der Waals surface area contributed by atoms with Gasteiger partial charge >= 0.3 is 0 Å². The Bertz CT molecular complexity index is 599. The summed E-state index contributed by atoms with van der Waals surface area (Å²) < 4.78 is 0. The summed E-state index contributed by atoms with van der Waals surface area (Å²) in [6.45, 7) is 4.95. The van der Waals surface area contributed by atoms with Crippen molar-refractivity contribution in [2.45, 2.75) is 39.3 Å². The number of nitrogens with zero attached hydrogens (tertiary/aromatic N) is 2. The van der Waals surface area contributed by atoms with Gasteiger partial charge in [-0.25, -0.2) is 4.98 Å². The van der Waals surface area contributed by atoms with E-state index in [1.54, 1.807) is 0 Å². The molecule has 0 fully saturated rings. The van der Waals surface area contributed by atoms with E-state index < -0.39 is 0 Å². The second-order valence-electron chi connectivity index (χ2n) is 5.43. The van der Waals surface area contributed by atoms with Gasteiger partial charge in [-0.15, -0.1) is 0 Å². The molecule has 1 atom stereocenters. The first kappa shape index (κ1) is 13.1. The second-order valence-corrected chi connectivity index (χ2v) is 5.43. The van der Waals surface area contributed by atoms with Crippen LogP contribution in [-0.2, 0) is 19.4 Å². The van der Waals surface area contributed by atoms with Gasteiger partial charge in [-0.2, -0.15) is 0 Å². The fraction of sp³-hybridized carbons (Fsp3) is 0.353. The van der Waals surface area contributed by atoms with Crippen LogP contribution in [0.2, 0.25) is 0 Å². The molecule has 2 N–H and O–H groups in total.